The van der Waals surface area contributed by atoms with Gasteiger partial charge in [0, 0.05) is 32.1 Å². The molecule has 150 valence electrons. The van der Waals surface area contributed by atoms with Gasteiger partial charge in [-0.2, -0.15) is 0 Å². The normalized spacial score (nSPS) is 17.8. The van der Waals surface area contributed by atoms with Crippen molar-refractivity contribution in [3.63, 3.8) is 0 Å². The molecule has 6 heteroatoms. The number of rotatable bonds is 5. The molecule has 0 unspecified atom stereocenters. The van der Waals surface area contributed by atoms with Crippen molar-refractivity contribution < 1.29 is 4.79 Å². The molecule has 0 aliphatic carbocycles. The summed E-state index contributed by atoms with van der Waals surface area (Å²) >= 11 is 0. The standard InChI is InChI=1S/C22H31N5O/c1-16(2)13-17-3-5-18(6-4-17)14-21(28)26-10-7-19(8-11-26)22-25-24-20-15-23-9-12-27(20)22/h3-6,16,19,23H,7-15H2,1-2H3. The van der Waals surface area contributed by atoms with Gasteiger partial charge in [0.05, 0.1) is 13.0 Å². The zero-order chi connectivity index (χ0) is 19.5. The SMILES string of the molecule is CC(C)Cc1ccc(CC(=O)N2CCC(c3nnc4n3CCNC4)CC2)cc1. The lowest BCUT2D eigenvalue weighted by Gasteiger charge is -2.32. The van der Waals surface area contributed by atoms with Gasteiger partial charge >= 0.3 is 0 Å². The van der Waals surface area contributed by atoms with Crippen molar-refractivity contribution in [1.29, 1.82) is 0 Å². The average molecular weight is 382 g/mol. The molecule has 2 aliphatic rings. The number of likely N-dealkylation sites (tertiary alicyclic amines) is 1. The van der Waals surface area contributed by atoms with Gasteiger partial charge in [-0.05, 0) is 36.3 Å². The number of nitrogens with zero attached hydrogens (tertiary/aromatic N) is 4. The molecule has 0 saturated carbocycles. The molecule has 2 aliphatic heterocycles. The van der Waals surface area contributed by atoms with Gasteiger partial charge in [0.25, 0.3) is 0 Å². The predicted octanol–water partition coefficient (Wildman–Crippen LogP) is 2.53. The zero-order valence-corrected chi connectivity index (χ0v) is 17.0. The Labute approximate surface area is 167 Å². The smallest absolute Gasteiger partial charge is 0.226 e. The third-order valence-electron chi connectivity index (χ3n) is 5.89. The maximum Gasteiger partial charge on any atom is 0.226 e. The lowest BCUT2D eigenvalue weighted by molar-refractivity contribution is -0.131. The van der Waals surface area contributed by atoms with Crippen molar-refractivity contribution in [3.8, 4) is 0 Å². The van der Waals surface area contributed by atoms with Gasteiger partial charge in [-0.15, -0.1) is 10.2 Å². The first-order valence-corrected chi connectivity index (χ1v) is 10.6. The number of nitrogens with one attached hydrogen (secondary N) is 1. The van der Waals surface area contributed by atoms with Crippen molar-refractivity contribution in [1.82, 2.24) is 25.0 Å². The van der Waals surface area contributed by atoms with Gasteiger partial charge < -0.3 is 14.8 Å². The molecule has 6 nitrogen and oxygen atoms in total. The maximum atomic E-state index is 12.7. The van der Waals surface area contributed by atoms with Crippen LogP contribution in [0.5, 0.6) is 0 Å². The second-order valence-electron chi connectivity index (χ2n) is 8.55. The van der Waals surface area contributed by atoms with E-state index in [1.54, 1.807) is 0 Å². The molecule has 1 aromatic carbocycles. The first-order valence-electron chi connectivity index (χ1n) is 10.6. The number of hydrogen-bond acceptors (Lipinski definition) is 4. The minimum absolute atomic E-state index is 0.238. The van der Waals surface area contributed by atoms with Gasteiger partial charge in [0.2, 0.25) is 5.91 Å². The van der Waals surface area contributed by atoms with E-state index in [0.717, 1.165) is 69.2 Å². The summed E-state index contributed by atoms with van der Waals surface area (Å²) in [6, 6.07) is 8.55. The topological polar surface area (TPSA) is 63.1 Å². The molecule has 1 fully saturated rings. The fourth-order valence-electron chi connectivity index (χ4n) is 4.35. The van der Waals surface area contributed by atoms with E-state index in [9.17, 15) is 4.79 Å². The summed E-state index contributed by atoms with van der Waals surface area (Å²) in [7, 11) is 0. The van der Waals surface area contributed by atoms with Crippen molar-refractivity contribution in [2.24, 2.45) is 5.92 Å². The Morgan fingerprint density at radius 2 is 1.82 bits per heavy atom. The third-order valence-corrected chi connectivity index (χ3v) is 5.89. The summed E-state index contributed by atoms with van der Waals surface area (Å²) in [5, 5.41) is 12.1. The predicted molar refractivity (Wildman–Crippen MR) is 109 cm³/mol. The molecular formula is C22H31N5O. The van der Waals surface area contributed by atoms with Gasteiger partial charge in [-0.25, -0.2) is 0 Å². The minimum atomic E-state index is 0.238. The van der Waals surface area contributed by atoms with Crippen LogP contribution in [0.15, 0.2) is 24.3 Å². The van der Waals surface area contributed by atoms with Gasteiger partial charge in [-0.3, -0.25) is 4.79 Å². The van der Waals surface area contributed by atoms with Crippen molar-refractivity contribution >= 4 is 5.91 Å². The molecule has 0 bridgehead atoms. The Bertz CT molecular complexity index is 803. The molecule has 1 amide bonds. The van der Waals surface area contributed by atoms with Crippen LogP contribution in [0.2, 0.25) is 0 Å². The maximum absolute atomic E-state index is 12.7. The molecule has 1 aromatic heterocycles. The lowest BCUT2D eigenvalue weighted by Crippen LogP contribution is -2.39. The number of carbonyl (C=O) groups is 1. The molecular weight excluding hydrogens is 350 g/mol. The summed E-state index contributed by atoms with van der Waals surface area (Å²) in [6.45, 7) is 8.82. The summed E-state index contributed by atoms with van der Waals surface area (Å²) in [5.74, 6) is 3.46. The van der Waals surface area contributed by atoms with E-state index in [4.69, 9.17) is 0 Å². The van der Waals surface area contributed by atoms with Crippen molar-refractivity contribution in [2.45, 2.75) is 58.5 Å². The number of piperidine rings is 1. The van der Waals surface area contributed by atoms with Crippen LogP contribution in [-0.2, 0) is 30.7 Å². The molecule has 4 rings (SSSR count). The first kappa shape index (κ1) is 19.1. The van der Waals surface area contributed by atoms with Crippen LogP contribution >= 0.6 is 0 Å². The van der Waals surface area contributed by atoms with E-state index >= 15 is 0 Å². The second-order valence-corrected chi connectivity index (χ2v) is 8.55. The summed E-state index contributed by atoms with van der Waals surface area (Å²) in [5.41, 5.74) is 2.46. The number of aromatic nitrogens is 3. The highest BCUT2D eigenvalue weighted by atomic mass is 16.2. The van der Waals surface area contributed by atoms with Crippen LogP contribution in [0, 0.1) is 5.92 Å². The number of hydrogen-bond donors (Lipinski definition) is 1. The molecule has 3 heterocycles. The Kier molecular flexibility index (Phi) is 5.76. The van der Waals surface area contributed by atoms with Crippen LogP contribution in [0.3, 0.4) is 0 Å². The van der Waals surface area contributed by atoms with E-state index < -0.39 is 0 Å². The van der Waals surface area contributed by atoms with Crippen LogP contribution < -0.4 is 5.32 Å². The van der Waals surface area contributed by atoms with Crippen LogP contribution in [0.25, 0.3) is 0 Å². The number of amides is 1. The lowest BCUT2D eigenvalue weighted by atomic mass is 9.95. The Morgan fingerprint density at radius 1 is 1.11 bits per heavy atom. The zero-order valence-electron chi connectivity index (χ0n) is 17.0. The highest BCUT2D eigenvalue weighted by Gasteiger charge is 2.28. The monoisotopic (exact) mass is 381 g/mol. The van der Waals surface area contributed by atoms with Crippen LogP contribution in [0.4, 0.5) is 0 Å². The Hall–Kier alpha value is -2.21. The first-order chi connectivity index (χ1) is 13.6. The fourth-order valence-corrected chi connectivity index (χ4v) is 4.35. The average Bonchev–Trinajstić information content (AvgIpc) is 3.13. The summed E-state index contributed by atoms with van der Waals surface area (Å²) in [4.78, 5) is 14.8. The van der Waals surface area contributed by atoms with E-state index in [-0.39, 0.29) is 5.91 Å². The molecule has 1 N–H and O–H groups in total. The van der Waals surface area contributed by atoms with E-state index in [1.165, 1.54) is 5.56 Å². The van der Waals surface area contributed by atoms with Gasteiger partial charge in [-0.1, -0.05) is 38.1 Å². The van der Waals surface area contributed by atoms with Crippen molar-refractivity contribution in [3.05, 3.63) is 47.0 Å². The molecule has 0 spiro atoms. The molecule has 0 atom stereocenters. The Morgan fingerprint density at radius 3 is 2.54 bits per heavy atom. The van der Waals surface area contributed by atoms with Crippen LogP contribution in [-0.4, -0.2) is 45.2 Å². The fraction of sp³-hybridized carbons (Fsp3) is 0.591. The highest BCUT2D eigenvalue weighted by molar-refractivity contribution is 5.78. The van der Waals surface area contributed by atoms with E-state index in [0.29, 0.717) is 18.3 Å². The minimum Gasteiger partial charge on any atom is -0.342 e. The molecule has 1 saturated heterocycles. The number of carbonyl (C=O) groups excluding carboxylic acids is 1. The second kappa shape index (κ2) is 8.43. The van der Waals surface area contributed by atoms with Crippen molar-refractivity contribution in [2.75, 3.05) is 19.6 Å². The van der Waals surface area contributed by atoms with E-state index in [1.807, 2.05) is 4.90 Å². The van der Waals surface area contributed by atoms with Gasteiger partial charge in [0.1, 0.15) is 11.6 Å². The van der Waals surface area contributed by atoms with Gasteiger partial charge in [0.15, 0.2) is 0 Å². The number of fused-ring (bicyclic) bond motifs is 1. The summed E-state index contributed by atoms with van der Waals surface area (Å²) < 4.78 is 2.28. The highest BCUT2D eigenvalue weighted by Crippen LogP contribution is 2.28. The molecule has 0 radical (unpaired) electrons. The number of benzene rings is 1. The van der Waals surface area contributed by atoms with Crippen LogP contribution in [0.1, 0.15) is 55.4 Å². The van der Waals surface area contributed by atoms with E-state index in [2.05, 4.69) is 58.2 Å². The Balaban J connectivity index is 1.31. The quantitative estimate of drug-likeness (QED) is 0.864. The molecule has 2 aromatic rings. The largest absolute Gasteiger partial charge is 0.342 e. The third kappa shape index (κ3) is 4.27. The molecule has 28 heavy (non-hydrogen) atoms. The summed E-state index contributed by atoms with van der Waals surface area (Å²) in [6.07, 6.45) is 3.54.